The van der Waals surface area contributed by atoms with Crippen LogP contribution in [0.1, 0.15) is 109 Å². The minimum absolute atomic E-state index is 0.0225. The van der Waals surface area contributed by atoms with E-state index >= 15 is 14.4 Å². The molecule has 0 bridgehead atoms. The van der Waals surface area contributed by atoms with Gasteiger partial charge >= 0.3 is 12.1 Å². The number of non-ortho nitro benzene ring substituents is 1. The van der Waals surface area contributed by atoms with Gasteiger partial charge in [-0.15, -0.1) is 0 Å². The second-order valence-electron chi connectivity index (χ2n) is 19.1. The molecule has 14 nitrogen and oxygen atoms in total. The molecule has 5 aromatic carbocycles. The third kappa shape index (κ3) is 9.03. The Kier molecular flexibility index (Phi) is 14.0. The van der Waals surface area contributed by atoms with Crippen LogP contribution in [0.3, 0.4) is 0 Å². The molecular weight excluding hydrogens is 913 g/mol. The van der Waals surface area contributed by atoms with Gasteiger partial charge in [0.05, 0.1) is 35.2 Å². The molecule has 1 aliphatic carbocycles. The van der Waals surface area contributed by atoms with Gasteiger partial charge < -0.3 is 24.2 Å². The van der Waals surface area contributed by atoms with Crippen molar-refractivity contribution in [3.63, 3.8) is 0 Å². The average molecular weight is 969 g/mol. The van der Waals surface area contributed by atoms with Crippen molar-refractivity contribution in [2.24, 2.45) is 5.92 Å². The number of carbonyl (C=O) groups is 4. The Hall–Kier alpha value is -7.60. The van der Waals surface area contributed by atoms with Crippen LogP contribution in [0.4, 0.5) is 16.2 Å². The van der Waals surface area contributed by atoms with Crippen molar-refractivity contribution in [1.82, 2.24) is 9.80 Å². The molecule has 6 atom stereocenters. The van der Waals surface area contributed by atoms with Crippen LogP contribution in [0, 0.1) is 27.9 Å². The summed E-state index contributed by atoms with van der Waals surface area (Å²) in [6.45, 7) is 0.189. The normalized spacial score (nSPS) is 23.9. The van der Waals surface area contributed by atoms with Crippen molar-refractivity contribution in [3.8, 4) is 17.6 Å². The number of aliphatic hydroxyl groups is 1. The molecule has 4 aliphatic heterocycles. The molecule has 1 spiro atoms. The van der Waals surface area contributed by atoms with E-state index in [1.54, 1.807) is 41.3 Å². The monoisotopic (exact) mass is 968 g/mol. The molecule has 72 heavy (non-hydrogen) atoms. The summed E-state index contributed by atoms with van der Waals surface area (Å²) in [7, 11) is 0. The van der Waals surface area contributed by atoms with E-state index < -0.39 is 64.4 Å². The number of nitrogens with zero attached hydrogens (tertiary/aromatic N) is 4. The van der Waals surface area contributed by atoms with Gasteiger partial charge in [0.25, 0.3) is 5.69 Å². The first kappa shape index (κ1) is 48.0. The number of anilines is 1. The van der Waals surface area contributed by atoms with E-state index in [0.717, 1.165) is 73.8 Å². The summed E-state index contributed by atoms with van der Waals surface area (Å²) in [5, 5.41) is 21.4. The van der Waals surface area contributed by atoms with Gasteiger partial charge in [-0.1, -0.05) is 110 Å². The highest BCUT2D eigenvalue weighted by molar-refractivity contribution is 6.23. The lowest BCUT2D eigenvalue weighted by Gasteiger charge is -2.46. The average Bonchev–Trinajstić information content (AvgIpc) is 3.86. The fourth-order valence-corrected chi connectivity index (χ4v) is 11.6. The number of rotatable bonds is 10. The van der Waals surface area contributed by atoms with Gasteiger partial charge in [-0.05, 0) is 114 Å². The van der Waals surface area contributed by atoms with E-state index in [1.807, 2.05) is 71.6 Å². The number of amides is 3. The Labute approximate surface area is 418 Å². The maximum Gasteiger partial charge on any atom is 0.421 e. The summed E-state index contributed by atoms with van der Waals surface area (Å²) >= 11 is 0. The predicted molar refractivity (Wildman–Crippen MR) is 267 cm³/mol. The third-order valence-corrected chi connectivity index (χ3v) is 14.8. The van der Waals surface area contributed by atoms with Crippen LogP contribution in [0.15, 0.2) is 139 Å². The molecule has 0 aromatic heterocycles. The fourth-order valence-electron chi connectivity index (χ4n) is 11.6. The summed E-state index contributed by atoms with van der Waals surface area (Å²) in [6, 6.07) is 33.7. The molecule has 3 fully saturated rings. The zero-order valence-corrected chi connectivity index (χ0v) is 39.9. The number of morpholine rings is 1. The van der Waals surface area contributed by atoms with Crippen molar-refractivity contribution in [2.45, 2.75) is 94.0 Å². The number of benzene rings is 5. The first-order valence-corrected chi connectivity index (χ1v) is 25.0. The van der Waals surface area contributed by atoms with Crippen LogP contribution < -0.4 is 9.64 Å². The number of aliphatic hydroxyl groups excluding tert-OH is 1. The summed E-state index contributed by atoms with van der Waals surface area (Å²) in [5.41, 5.74) is 2.31. The lowest BCUT2D eigenvalue weighted by Crippen LogP contribution is -2.56. The number of ether oxygens (including phenoxy) is 3. The van der Waals surface area contributed by atoms with E-state index in [9.17, 15) is 20.0 Å². The standard InChI is InChI=1S/C58H56N4O10/c63-34-35-70-46-23-15-22-44(37-46)53-58(47-36-40(25-24-39-16-7-4-8-17-39)28-31-48(47)60(56(58)66)57(67)71-38-41-26-29-45(30-27-41)62(68)69)49(54(64)59-32-13-2-1-3-14-33-59)51-55(65)72-52(43-20-11-6-12-21-43)50(61(51)53)42-18-9-5-10-19-42/h5-6,9-12,15-16,18-23,26-31,36-37,49-53,63H,1-4,7-8,13-14,17,32-35,38H2/t49-,50-,51-,52+,53+,58-/m0/s1. The van der Waals surface area contributed by atoms with Crippen LogP contribution in [0.5, 0.6) is 5.75 Å². The van der Waals surface area contributed by atoms with Crippen LogP contribution in [0.2, 0.25) is 0 Å². The highest BCUT2D eigenvalue weighted by atomic mass is 16.6. The summed E-state index contributed by atoms with van der Waals surface area (Å²) in [4.78, 5) is 79.4. The number of esters is 1. The summed E-state index contributed by atoms with van der Waals surface area (Å²) < 4.78 is 18.7. The predicted octanol–water partition coefficient (Wildman–Crippen LogP) is 9.61. The molecule has 0 radical (unpaired) electrons. The highest BCUT2D eigenvalue weighted by Gasteiger charge is 2.76. The number of allylic oxidation sites excluding steroid dienone is 2. The quantitative estimate of drug-likeness (QED) is 0.0612. The Morgan fingerprint density at radius 1 is 0.778 bits per heavy atom. The molecule has 0 saturated carbocycles. The van der Waals surface area contributed by atoms with E-state index in [4.69, 9.17) is 14.2 Å². The van der Waals surface area contributed by atoms with Crippen LogP contribution >= 0.6 is 0 Å². The molecule has 368 valence electrons. The van der Waals surface area contributed by atoms with E-state index in [-0.39, 0.29) is 31.2 Å². The summed E-state index contributed by atoms with van der Waals surface area (Å²) in [6.07, 6.45) is 8.34. The van der Waals surface area contributed by atoms with E-state index in [2.05, 4.69) is 17.9 Å². The van der Waals surface area contributed by atoms with Gasteiger partial charge in [0.2, 0.25) is 11.8 Å². The molecule has 3 saturated heterocycles. The number of likely N-dealkylation sites (tertiary alicyclic amines) is 1. The molecule has 10 rings (SSSR count). The zero-order valence-electron chi connectivity index (χ0n) is 39.9. The van der Waals surface area contributed by atoms with Crippen molar-refractivity contribution in [1.29, 1.82) is 0 Å². The second-order valence-corrected chi connectivity index (χ2v) is 19.1. The number of nitro groups is 1. The van der Waals surface area contributed by atoms with Gasteiger partial charge in [-0.2, -0.15) is 0 Å². The number of imide groups is 1. The first-order chi connectivity index (χ1) is 35.2. The van der Waals surface area contributed by atoms with Gasteiger partial charge in [0, 0.05) is 30.8 Å². The zero-order chi connectivity index (χ0) is 49.8. The number of fused-ring (bicyclic) bond motifs is 3. The molecule has 4 heterocycles. The van der Waals surface area contributed by atoms with Crippen molar-refractivity contribution >= 4 is 35.3 Å². The molecular formula is C58H56N4O10. The van der Waals surface area contributed by atoms with Gasteiger partial charge in [-0.3, -0.25) is 29.4 Å². The van der Waals surface area contributed by atoms with Crippen LogP contribution in [0.25, 0.3) is 0 Å². The number of nitro benzene ring substituents is 1. The van der Waals surface area contributed by atoms with Crippen LogP contribution in [-0.4, -0.2) is 76.1 Å². The number of carbonyl (C=O) groups excluding carboxylic acids is 4. The summed E-state index contributed by atoms with van der Waals surface area (Å²) in [5.74, 6) is 3.78. The highest BCUT2D eigenvalue weighted by Crippen LogP contribution is 2.66. The Morgan fingerprint density at radius 2 is 1.49 bits per heavy atom. The topological polar surface area (TPSA) is 169 Å². The third-order valence-electron chi connectivity index (χ3n) is 14.8. The van der Waals surface area contributed by atoms with Crippen molar-refractivity contribution in [2.75, 3.05) is 31.2 Å². The minimum atomic E-state index is -2.03. The molecule has 3 amide bonds. The lowest BCUT2D eigenvalue weighted by molar-refractivity contribution is -0.384. The van der Waals surface area contributed by atoms with Gasteiger partial charge in [0.1, 0.15) is 36.5 Å². The second kappa shape index (κ2) is 21.0. The fraction of sp³-hybridized carbons (Fsp3) is 0.345. The maximum absolute atomic E-state index is 16.8. The molecule has 14 heteroatoms. The lowest BCUT2D eigenvalue weighted by atomic mass is 9.64. The Balaban J connectivity index is 1.24. The van der Waals surface area contributed by atoms with Crippen molar-refractivity contribution < 1.29 is 43.4 Å². The molecule has 0 unspecified atom stereocenters. The van der Waals surface area contributed by atoms with Crippen LogP contribution in [-0.2, 0) is 35.9 Å². The Bertz CT molecular complexity index is 2940. The maximum atomic E-state index is 16.8. The molecule has 1 N–H and O–H groups in total. The molecule has 5 aliphatic rings. The first-order valence-electron chi connectivity index (χ1n) is 25.0. The largest absolute Gasteiger partial charge is 0.491 e. The molecule has 5 aromatic rings. The smallest absolute Gasteiger partial charge is 0.421 e. The van der Waals surface area contributed by atoms with Gasteiger partial charge in [0.15, 0.2) is 0 Å². The number of cyclic esters (lactones) is 1. The van der Waals surface area contributed by atoms with Crippen molar-refractivity contribution in [3.05, 3.63) is 183 Å². The number of hydrogen-bond donors (Lipinski definition) is 1. The minimum Gasteiger partial charge on any atom is -0.491 e. The Morgan fingerprint density at radius 3 is 2.18 bits per heavy atom. The van der Waals surface area contributed by atoms with E-state index in [0.29, 0.717) is 46.7 Å². The van der Waals surface area contributed by atoms with E-state index in [1.165, 1.54) is 24.3 Å². The SMILES string of the molecule is O=C1O[C@H](c2ccccc2)[C@H](c2ccccc2)N2[C@H]1[C@@H](C(=O)N1CCCCCCC1)[C@]1(C(=O)N(C(=O)OCc3ccc([N+](=O)[O-])cc3)c3ccc(C#CC4=CCCCC4)cc31)[C@H]2c1cccc(OCCO)c1. The number of hydrogen-bond acceptors (Lipinski definition) is 11. The van der Waals surface area contributed by atoms with Gasteiger partial charge in [-0.25, -0.2) is 9.69 Å².